The molecule has 4 rings (SSSR count). The van der Waals surface area contributed by atoms with Crippen molar-refractivity contribution in [1.82, 2.24) is 9.80 Å². The van der Waals surface area contributed by atoms with Crippen LogP contribution in [0, 0.1) is 0 Å². The SMILES string of the molecule is O=C(C=Cc1ccccc1)N1CCN(CCc2ccc3c(c2)COC3)CC1. The van der Waals surface area contributed by atoms with E-state index in [1.54, 1.807) is 6.08 Å². The lowest BCUT2D eigenvalue weighted by Gasteiger charge is -2.34. The number of carbonyl (C=O) groups excluding carboxylic acids is 1. The Balaban J connectivity index is 1.23. The van der Waals surface area contributed by atoms with Crippen LogP contribution in [0.25, 0.3) is 6.08 Å². The average molecular weight is 362 g/mol. The Morgan fingerprint density at radius 3 is 2.56 bits per heavy atom. The van der Waals surface area contributed by atoms with Crippen LogP contribution in [0.1, 0.15) is 22.3 Å². The Morgan fingerprint density at radius 1 is 0.963 bits per heavy atom. The van der Waals surface area contributed by atoms with Crippen molar-refractivity contribution in [3.8, 4) is 0 Å². The molecule has 0 saturated carbocycles. The van der Waals surface area contributed by atoms with Gasteiger partial charge < -0.3 is 9.64 Å². The highest BCUT2D eigenvalue weighted by molar-refractivity contribution is 5.91. The number of carbonyl (C=O) groups is 1. The van der Waals surface area contributed by atoms with E-state index in [1.165, 1.54) is 16.7 Å². The lowest BCUT2D eigenvalue weighted by molar-refractivity contribution is -0.127. The third-order valence-electron chi connectivity index (χ3n) is 5.40. The van der Waals surface area contributed by atoms with Gasteiger partial charge in [-0.1, -0.05) is 48.5 Å². The fraction of sp³-hybridized carbons (Fsp3) is 0.348. The molecule has 0 bridgehead atoms. The van der Waals surface area contributed by atoms with Gasteiger partial charge in [0, 0.05) is 38.8 Å². The summed E-state index contributed by atoms with van der Waals surface area (Å²) < 4.78 is 5.49. The smallest absolute Gasteiger partial charge is 0.246 e. The molecule has 0 atom stereocenters. The molecule has 4 heteroatoms. The zero-order valence-electron chi connectivity index (χ0n) is 15.6. The minimum Gasteiger partial charge on any atom is -0.372 e. The fourth-order valence-corrected chi connectivity index (χ4v) is 3.70. The summed E-state index contributed by atoms with van der Waals surface area (Å²) in [5.74, 6) is 0.108. The molecule has 27 heavy (non-hydrogen) atoms. The standard InChI is InChI=1S/C23H26N2O2/c26-23(9-7-19-4-2-1-3-5-19)25-14-12-24(13-15-25)11-10-20-6-8-21-17-27-18-22(21)16-20/h1-9,16H,10-15,17-18H2. The van der Waals surface area contributed by atoms with E-state index in [4.69, 9.17) is 4.74 Å². The maximum Gasteiger partial charge on any atom is 0.246 e. The first-order chi connectivity index (χ1) is 13.3. The van der Waals surface area contributed by atoms with Crippen LogP contribution in [-0.4, -0.2) is 48.4 Å². The third kappa shape index (κ3) is 4.65. The summed E-state index contributed by atoms with van der Waals surface area (Å²) >= 11 is 0. The Hall–Kier alpha value is -2.43. The van der Waals surface area contributed by atoms with E-state index in [9.17, 15) is 4.79 Å². The summed E-state index contributed by atoms with van der Waals surface area (Å²) in [4.78, 5) is 16.8. The van der Waals surface area contributed by atoms with Gasteiger partial charge >= 0.3 is 0 Å². The van der Waals surface area contributed by atoms with E-state index in [1.807, 2.05) is 41.3 Å². The van der Waals surface area contributed by atoms with Crippen LogP contribution in [0.5, 0.6) is 0 Å². The summed E-state index contributed by atoms with van der Waals surface area (Å²) in [6.45, 7) is 6.04. The lowest BCUT2D eigenvalue weighted by atomic mass is 10.0. The van der Waals surface area contributed by atoms with Crippen molar-refractivity contribution in [3.63, 3.8) is 0 Å². The molecular weight excluding hydrogens is 336 g/mol. The van der Waals surface area contributed by atoms with Crippen LogP contribution in [0.3, 0.4) is 0 Å². The number of rotatable bonds is 5. The van der Waals surface area contributed by atoms with Crippen LogP contribution in [0.4, 0.5) is 0 Å². The first-order valence-corrected chi connectivity index (χ1v) is 9.71. The van der Waals surface area contributed by atoms with E-state index in [-0.39, 0.29) is 5.91 Å². The van der Waals surface area contributed by atoms with Gasteiger partial charge in [0.1, 0.15) is 0 Å². The van der Waals surface area contributed by atoms with Gasteiger partial charge in [0.05, 0.1) is 13.2 Å². The summed E-state index contributed by atoms with van der Waals surface area (Å²) in [7, 11) is 0. The molecule has 2 heterocycles. The molecule has 2 aromatic rings. The van der Waals surface area contributed by atoms with Crippen LogP contribution < -0.4 is 0 Å². The molecule has 0 aliphatic carbocycles. The van der Waals surface area contributed by atoms with E-state index in [0.29, 0.717) is 0 Å². The van der Waals surface area contributed by atoms with Gasteiger partial charge in [-0.2, -0.15) is 0 Å². The van der Waals surface area contributed by atoms with Gasteiger partial charge in [-0.15, -0.1) is 0 Å². The Labute approximate surface area is 161 Å². The monoisotopic (exact) mass is 362 g/mol. The lowest BCUT2D eigenvalue weighted by Crippen LogP contribution is -2.48. The second-order valence-corrected chi connectivity index (χ2v) is 7.26. The largest absolute Gasteiger partial charge is 0.372 e. The maximum atomic E-state index is 12.4. The van der Waals surface area contributed by atoms with E-state index >= 15 is 0 Å². The van der Waals surface area contributed by atoms with Gasteiger partial charge in [-0.05, 0) is 34.8 Å². The first-order valence-electron chi connectivity index (χ1n) is 9.71. The highest BCUT2D eigenvalue weighted by Gasteiger charge is 2.19. The Kier molecular flexibility index (Phi) is 5.66. The molecule has 0 N–H and O–H groups in total. The molecule has 1 amide bonds. The van der Waals surface area contributed by atoms with Crippen molar-refractivity contribution in [1.29, 1.82) is 0 Å². The molecule has 2 aromatic carbocycles. The minimum atomic E-state index is 0.108. The minimum absolute atomic E-state index is 0.108. The predicted molar refractivity (Wildman–Crippen MR) is 107 cm³/mol. The molecular formula is C23H26N2O2. The first kappa shape index (κ1) is 18.0. The zero-order chi connectivity index (χ0) is 18.5. The summed E-state index contributed by atoms with van der Waals surface area (Å²) in [6.07, 6.45) is 4.64. The normalized spacial score (nSPS) is 17.4. The topological polar surface area (TPSA) is 32.8 Å². The van der Waals surface area contributed by atoms with Gasteiger partial charge in [0.25, 0.3) is 0 Å². The molecule has 1 saturated heterocycles. The second kappa shape index (κ2) is 8.51. The van der Waals surface area contributed by atoms with Crippen LogP contribution >= 0.6 is 0 Å². The van der Waals surface area contributed by atoms with Crippen molar-refractivity contribution < 1.29 is 9.53 Å². The van der Waals surface area contributed by atoms with Crippen molar-refractivity contribution in [2.24, 2.45) is 0 Å². The molecule has 2 aliphatic rings. The van der Waals surface area contributed by atoms with E-state index in [0.717, 1.165) is 57.9 Å². The quantitative estimate of drug-likeness (QED) is 0.766. The number of nitrogens with zero attached hydrogens (tertiary/aromatic N) is 2. The van der Waals surface area contributed by atoms with Crippen molar-refractivity contribution in [2.45, 2.75) is 19.6 Å². The number of ether oxygens (including phenoxy) is 1. The van der Waals surface area contributed by atoms with Crippen LogP contribution in [0.15, 0.2) is 54.6 Å². The second-order valence-electron chi connectivity index (χ2n) is 7.26. The molecule has 0 aromatic heterocycles. The molecule has 140 valence electrons. The summed E-state index contributed by atoms with van der Waals surface area (Å²) in [6, 6.07) is 16.7. The van der Waals surface area contributed by atoms with Gasteiger partial charge in [-0.3, -0.25) is 9.69 Å². The van der Waals surface area contributed by atoms with E-state index in [2.05, 4.69) is 23.1 Å². The average Bonchev–Trinajstić information content (AvgIpc) is 3.19. The van der Waals surface area contributed by atoms with E-state index < -0.39 is 0 Å². The number of hydrogen-bond donors (Lipinski definition) is 0. The van der Waals surface area contributed by atoms with Crippen LogP contribution in [-0.2, 0) is 29.2 Å². The highest BCUT2D eigenvalue weighted by Crippen LogP contribution is 2.21. The van der Waals surface area contributed by atoms with Gasteiger partial charge in [0.15, 0.2) is 0 Å². The maximum absolute atomic E-state index is 12.4. The number of benzene rings is 2. The molecule has 2 aliphatic heterocycles. The Morgan fingerprint density at radius 2 is 1.74 bits per heavy atom. The summed E-state index contributed by atoms with van der Waals surface area (Å²) in [5, 5.41) is 0. The number of hydrogen-bond acceptors (Lipinski definition) is 3. The number of amides is 1. The number of piperazine rings is 1. The molecule has 0 radical (unpaired) electrons. The van der Waals surface area contributed by atoms with Crippen molar-refractivity contribution >= 4 is 12.0 Å². The molecule has 0 spiro atoms. The predicted octanol–water partition coefficient (Wildman–Crippen LogP) is 3.12. The highest BCUT2D eigenvalue weighted by atomic mass is 16.5. The molecule has 4 nitrogen and oxygen atoms in total. The van der Waals surface area contributed by atoms with Gasteiger partial charge in [0.2, 0.25) is 5.91 Å². The third-order valence-corrected chi connectivity index (χ3v) is 5.40. The van der Waals surface area contributed by atoms with Crippen LogP contribution in [0.2, 0.25) is 0 Å². The van der Waals surface area contributed by atoms with Crippen molar-refractivity contribution in [3.05, 3.63) is 76.9 Å². The molecule has 0 unspecified atom stereocenters. The molecule has 1 fully saturated rings. The van der Waals surface area contributed by atoms with Crippen molar-refractivity contribution in [2.75, 3.05) is 32.7 Å². The number of fused-ring (bicyclic) bond motifs is 1. The fourth-order valence-electron chi connectivity index (χ4n) is 3.70. The zero-order valence-corrected chi connectivity index (χ0v) is 15.6. The Bertz CT molecular complexity index is 808. The summed E-state index contributed by atoms with van der Waals surface area (Å²) in [5.41, 5.74) is 5.11. The van der Waals surface area contributed by atoms with Gasteiger partial charge in [-0.25, -0.2) is 0 Å².